The molecule has 0 saturated carbocycles. The third-order valence-electron chi connectivity index (χ3n) is 4.37. The summed E-state index contributed by atoms with van der Waals surface area (Å²) >= 11 is 0. The first-order valence-electron chi connectivity index (χ1n) is 8.27. The van der Waals surface area contributed by atoms with Gasteiger partial charge in [-0.25, -0.2) is 14.6 Å². The van der Waals surface area contributed by atoms with Gasteiger partial charge in [0, 0.05) is 38.4 Å². The molecule has 7 nitrogen and oxygen atoms in total. The number of aryl methyl sites for hydroxylation is 3. The Balaban J connectivity index is 1.53. The number of carbonyl (C=O) groups excluding carboxylic acids is 1. The Hall–Kier alpha value is -2.18. The van der Waals surface area contributed by atoms with Crippen molar-refractivity contribution in [3.05, 3.63) is 30.4 Å². The second-order valence-corrected chi connectivity index (χ2v) is 6.19. The highest BCUT2D eigenvalue weighted by Gasteiger charge is 2.26. The van der Waals surface area contributed by atoms with Crippen molar-refractivity contribution in [2.45, 2.75) is 52.1 Å². The van der Waals surface area contributed by atoms with Crippen molar-refractivity contribution in [1.29, 1.82) is 0 Å². The van der Waals surface area contributed by atoms with Gasteiger partial charge in [-0.3, -0.25) is 4.79 Å². The van der Waals surface area contributed by atoms with Crippen LogP contribution in [0.2, 0.25) is 0 Å². The van der Waals surface area contributed by atoms with Crippen LogP contribution in [0.5, 0.6) is 0 Å². The van der Waals surface area contributed by atoms with Crippen molar-refractivity contribution in [2.75, 3.05) is 13.1 Å². The fourth-order valence-corrected chi connectivity index (χ4v) is 3.25. The summed E-state index contributed by atoms with van der Waals surface area (Å²) < 4.78 is 3.99. The highest BCUT2D eigenvalue weighted by Crippen LogP contribution is 2.22. The summed E-state index contributed by atoms with van der Waals surface area (Å²) in [5.74, 6) is 1.97. The second-order valence-electron chi connectivity index (χ2n) is 6.19. The fourth-order valence-electron chi connectivity index (χ4n) is 3.25. The smallest absolute Gasteiger partial charge is 0.222 e. The summed E-state index contributed by atoms with van der Waals surface area (Å²) in [4.78, 5) is 22.8. The van der Waals surface area contributed by atoms with Gasteiger partial charge in [-0.1, -0.05) is 0 Å². The zero-order valence-corrected chi connectivity index (χ0v) is 13.9. The van der Waals surface area contributed by atoms with Crippen molar-refractivity contribution < 1.29 is 4.79 Å². The lowest BCUT2D eigenvalue weighted by molar-refractivity contribution is -0.133. The second kappa shape index (κ2) is 6.93. The van der Waals surface area contributed by atoms with Gasteiger partial charge in [0.25, 0.3) is 0 Å². The molecule has 2 aromatic rings. The molecule has 1 saturated heterocycles. The van der Waals surface area contributed by atoms with Gasteiger partial charge in [-0.15, -0.1) is 0 Å². The van der Waals surface area contributed by atoms with Crippen LogP contribution in [0, 0.1) is 13.8 Å². The predicted octanol–water partition coefficient (Wildman–Crippen LogP) is 1.74. The number of nitrogens with zero attached hydrogens (tertiary/aromatic N) is 6. The van der Waals surface area contributed by atoms with Gasteiger partial charge in [0.2, 0.25) is 5.91 Å². The molecule has 1 aliphatic rings. The van der Waals surface area contributed by atoms with Crippen molar-refractivity contribution in [1.82, 2.24) is 29.2 Å². The summed E-state index contributed by atoms with van der Waals surface area (Å²) in [7, 11) is 0. The van der Waals surface area contributed by atoms with Gasteiger partial charge in [0.15, 0.2) is 0 Å². The average molecular weight is 316 g/mol. The number of likely N-dealkylation sites (tertiary alicyclic amines) is 1. The van der Waals surface area contributed by atoms with Crippen molar-refractivity contribution in [3.8, 4) is 0 Å². The van der Waals surface area contributed by atoms with Crippen LogP contribution >= 0.6 is 0 Å². The number of amides is 1. The maximum atomic E-state index is 12.4. The molecule has 0 bridgehead atoms. The minimum Gasteiger partial charge on any atom is -0.341 e. The summed E-state index contributed by atoms with van der Waals surface area (Å²) in [5, 5.41) is 4.48. The van der Waals surface area contributed by atoms with Crippen molar-refractivity contribution in [2.24, 2.45) is 0 Å². The average Bonchev–Trinajstić information content (AvgIpc) is 3.17. The molecular formula is C16H24N6O. The Morgan fingerprint density at radius 3 is 2.96 bits per heavy atom. The van der Waals surface area contributed by atoms with Crippen LogP contribution in [0.1, 0.15) is 43.4 Å². The molecule has 1 aliphatic heterocycles. The molecular weight excluding hydrogens is 292 g/mol. The number of carbonyl (C=O) groups is 1. The standard InChI is InChI=1S/C16H24N6O/c1-13-18-14(2)22(19-13)15-5-3-9-21(11-15)16(23)6-4-8-20-10-7-17-12-20/h7,10,12,15H,3-6,8-9,11H2,1-2H3/t15-/m1/s1. The molecule has 124 valence electrons. The zero-order chi connectivity index (χ0) is 16.2. The maximum absolute atomic E-state index is 12.4. The largest absolute Gasteiger partial charge is 0.341 e. The van der Waals surface area contributed by atoms with E-state index >= 15 is 0 Å². The monoisotopic (exact) mass is 316 g/mol. The molecule has 2 aromatic heterocycles. The quantitative estimate of drug-likeness (QED) is 0.842. The highest BCUT2D eigenvalue weighted by atomic mass is 16.2. The lowest BCUT2D eigenvalue weighted by atomic mass is 10.1. The highest BCUT2D eigenvalue weighted by molar-refractivity contribution is 5.76. The number of rotatable bonds is 5. The number of hydrogen-bond donors (Lipinski definition) is 0. The van der Waals surface area contributed by atoms with E-state index in [1.165, 1.54) is 0 Å². The lowest BCUT2D eigenvalue weighted by Crippen LogP contribution is -2.41. The third-order valence-corrected chi connectivity index (χ3v) is 4.37. The van der Waals surface area contributed by atoms with E-state index in [4.69, 9.17) is 0 Å². The molecule has 0 aromatic carbocycles. The molecule has 0 N–H and O–H groups in total. The SMILES string of the molecule is Cc1nc(C)n([C@@H]2CCCN(C(=O)CCCn3ccnc3)C2)n1. The van der Waals surface area contributed by atoms with Crippen LogP contribution in [-0.4, -0.2) is 48.2 Å². The molecule has 3 heterocycles. The molecule has 1 amide bonds. The molecule has 0 aliphatic carbocycles. The Labute approximate surface area is 136 Å². The van der Waals surface area contributed by atoms with E-state index < -0.39 is 0 Å². The maximum Gasteiger partial charge on any atom is 0.222 e. The predicted molar refractivity (Wildman–Crippen MR) is 85.8 cm³/mol. The summed E-state index contributed by atoms with van der Waals surface area (Å²) in [6.07, 6.45) is 8.99. The van der Waals surface area contributed by atoms with Gasteiger partial charge in [0.05, 0.1) is 12.4 Å². The third kappa shape index (κ3) is 3.78. The fraction of sp³-hybridized carbons (Fsp3) is 0.625. The van der Waals surface area contributed by atoms with Crippen LogP contribution in [-0.2, 0) is 11.3 Å². The lowest BCUT2D eigenvalue weighted by Gasteiger charge is -2.33. The van der Waals surface area contributed by atoms with Crippen LogP contribution in [0.4, 0.5) is 0 Å². The molecule has 3 rings (SSSR count). The van der Waals surface area contributed by atoms with Crippen molar-refractivity contribution >= 4 is 5.91 Å². The van der Waals surface area contributed by atoms with Crippen molar-refractivity contribution in [3.63, 3.8) is 0 Å². The summed E-state index contributed by atoms with van der Waals surface area (Å²) in [6, 6.07) is 0.252. The number of hydrogen-bond acceptors (Lipinski definition) is 4. The van der Waals surface area contributed by atoms with E-state index in [0.29, 0.717) is 6.42 Å². The van der Waals surface area contributed by atoms with E-state index in [-0.39, 0.29) is 11.9 Å². The first-order valence-corrected chi connectivity index (χ1v) is 8.27. The van der Waals surface area contributed by atoms with Crippen LogP contribution in [0.3, 0.4) is 0 Å². The normalized spacial score (nSPS) is 18.3. The van der Waals surface area contributed by atoms with Gasteiger partial charge < -0.3 is 9.47 Å². The van der Waals surface area contributed by atoms with E-state index in [0.717, 1.165) is 50.5 Å². The Bertz CT molecular complexity index is 648. The molecule has 1 atom stereocenters. The van der Waals surface area contributed by atoms with E-state index in [9.17, 15) is 4.79 Å². The molecule has 23 heavy (non-hydrogen) atoms. The molecule has 0 unspecified atom stereocenters. The molecule has 0 spiro atoms. The van der Waals surface area contributed by atoms with Gasteiger partial charge in [-0.05, 0) is 33.1 Å². The molecule has 7 heteroatoms. The molecule has 0 radical (unpaired) electrons. The van der Waals surface area contributed by atoms with Gasteiger partial charge >= 0.3 is 0 Å². The minimum absolute atomic E-state index is 0.240. The van der Waals surface area contributed by atoms with E-state index in [1.54, 1.807) is 12.5 Å². The van der Waals surface area contributed by atoms with E-state index in [2.05, 4.69) is 15.1 Å². The first kappa shape index (κ1) is 15.7. The van der Waals surface area contributed by atoms with E-state index in [1.807, 2.05) is 34.2 Å². The topological polar surface area (TPSA) is 68.8 Å². The Kier molecular flexibility index (Phi) is 4.73. The minimum atomic E-state index is 0.240. The Morgan fingerprint density at radius 2 is 2.26 bits per heavy atom. The Morgan fingerprint density at radius 1 is 1.39 bits per heavy atom. The van der Waals surface area contributed by atoms with Gasteiger partial charge in [0.1, 0.15) is 11.6 Å². The number of aromatic nitrogens is 5. The first-order chi connectivity index (χ1) is 11.1. The van der Waals surface area contributed by atoms with Gasteiger partial charge in [-0.2, -0.15) is 5.10 Å². The summed E-state index contributed by atoms with van der Waals surface area (Å²) in [6.45, 7) is 6.32. The molecule has 1 fully saturated rings. The number of imidazole rings is 1. The van der Waals surface area contributed by atoms with Crippen LogP contribution in [0.25, 0.3) is 0 Å². The number of piperidine rings is 1. The van der Waals surface area contributed by atoms with Crippen LogP contribution < -0.4 is 0 Å². The summed E-state index contributed by atoms with van der Waals surface area (Å²) in [5.41, 5.74) is 0. The van der Waals surface area contributed by atoms with Crippen LogP contribution in [0.15, 0.2) is 18.7 Å². The zero-order valence-electron chi connectivity index (χ0n) is 13.9.